The predicted molar refractivity (Wildman–Crippen MR) is 73.1 cm³/mol. The molecule has 1 aromatic heterocycles. The summed E-state index contributed by atoms with van der Waals surface area (Å²) in [6.07, 6.45) is -0.143. The zero-order valence-electron chi connectivity index (χ0n) is 12.5. The summed E-state index contributed by atoms with van der Waals surface area (Å²) >= 11 is 0. The van der Waals surface area contributed by atoms with Crippen LogP contribution in [0.3, 0.4) is 0 Å². The molecule has 1 N–H and O–H groups in total. The molecule has 2 heterocycles. The molecule has 1 aliphatic heterocycles. The summed E-state index contributed by atoms with van der Waals surface area (Å²) in [6, 6.07) is 1.15. The average molecular weight is 296 g/mol. The fourth-order valence-electron chi connectivity index (χ4n) is 2.17. The van der Waals surface area contributed by atoms with E-state index in [9.17, 15) is 9.59 Å². The van der Waals surface area contributed by atoms with E-state index in [2.05, 4.69) is 5.16 Å². The van der Waals surface area contributed by atoms with E-state index in [0.717, 1.165) is 0 Å². The molecule has 1 amide bonds. The van der Waals surface area contributed by atoms with Crippen LogP contribution in [0.25, 0.3) is 0 Å². The van der Waals surface area contributed by atoms with Crippen molar-refractivity contribution in [3.8, 4) is 0 Å². The quantitative estimate of drug-likeness (QED) is 0.903. The van der Waals surface area contributed by atoms with E-state index < -0.39 is 12.0 Å². The summed E-state index contributed by atoms with van der Waals surface area (Å²) in [7, 11) is 0. The zero-order valence-corrected chi connectivity index (χ0v) is 12.5. The van der Waals surface area contributed by atoms with Crippen LogP contribution in [0.1, 0.15) is 43.4 Å². The van der Waals surface area contributed by atoms with Gasteiger partial charge in [0.15, 0.2) is 5.69 Å². The van der Waals surface area contributed by atoms with Gasteiger partial charge in [-0.3, -0.25) is 9.59 Å². The van der Waals surface area contributed by atoms with E-state index in [1.54, 1.807) is 6.07 Å². The zero-order chi connectivity index (χ0) is 15.6. The number of carboxylic acids is 1. The van der Waals surface area contributed by atoms with Crippen LogP contribution in [-0.4, -0.2) is 52.8 Å². The molecule has 0 spiro atoms. The van der Waals surface area contributed by atoms with Crippen LogP contribution in [-0.2, 0) is 14.9 Å². The van der Waals surface area contributed by atoms with Gasteiger partial charge in [0.2, 0.25) is 0 Å². The number of aliphatic carboxylic acids is 1. The molecule has 7 nitrogen and oxygen atoms in total. The summed E-state index contributed by atoms with van der Waals surface area (Å²) in [5.74, 6) is -0.656. The third-order valence-electron chi connectivity index (χ3n) is 3.37. The molecule has 0 radical (unpaired) electrons. The highest BCUT2D eigenvalue weighted by Crippen LogP contribution is 2.24. The maximum Gasteiger partial charge on any atom is 0.305 e. The van der Waals surface area contributed by atoms with Crippen molar-refractivity contribution in [2.24, 2.45) is 0 Å². The Hall–Kier alpha value is -1.89. The maximum atomic E-state index is 12.5. The van der Waals surface area contributed by atoms with Crippen LogP contribution in [0, 0.1) is 0 Å². The van der Waals surface area contributed by atoms with Gasteiger partial charge in [-0.25, -0.2) is 0 Å². The number of ether oxygens (including phenoxy) is 1. The van der Waals surface area contributed by atoms with Crippen LogP contribution in [0.4, 0.5) is 0 Å². The van der Waals surface area contributed by atoms with Gasteiger partial charge in [-0.2, -0.15) is 0 Å². The van der Waals surface area contributed by atoms with Gasteiger partial charge in [-0.1, -0.05) is 25.9 Å². The van der Waals surface area contributed by atoms with Crippen LogP contribution in [0.5, 0.6) is 0 Å². The van der Waals surface area contributed by atoms with Crippen LogP contribution in [0.15, 0.2) is 10.6 Å². The number of hydrogen-bond donors (Lipinski definition) is 1. The number of aromatic nitrogens is 1. The fraction of sp³-hybridized carbons (Fsp3) is 0.643. The van der Waals surface area contributed by atoms with E-state index in [0.29, 0.717) is 18.9 Å². The molecular formula is C14H20N2O5. The summed E-state index contributed by atoms with van der Waals surface area (Å²) in [6.45, 7) is 6.86. The fourth-order valence-corrected chi connectivity index (χ4v) is 2.17. The number of carbonyl (C=O) groups excluding carboxylic acids is 1. The highest BCUT2D eigenvalue weighted by molar-refractivity contribution is 5.92. The van der Waals surface area contributed by atoms with E-state index >= 15 is 0 Å². The highest BCUT2D eigenvalue weighted by atomic mass is 16.5. The molecule has 21 heavy (non-hydrogen) atoms. The van der Waals surface area contributed by atoms with Gasteiger partial charge in [-0.15, -0.1) is 0 Å². The average Bonchev–Trinajstić information content (AvgIpc) is 2.87. The number of morpholine rings is 1. The summed E-state index contributed by atoms with van der Waals surface area (Å²) in [5.41, 5.74) is -0.0333. The largest absolute Gasteiger partial charge is 0.481 e. The van der Waals surface area contributed by atoms with Gasteiger partial charge in [0.05, 0.1) is 25.7 Å². The first-order chi connectivity index (χ1) is 9.79. The Kier molecular flexibility index (Phi) is 4.32. The van der Waals surface area contributed by atoms with Crippen molar-refractivity contribution in [2.45, 2.75) is 38.6 Å². The lowest BCUT2D eigenvalue weighted by atomic mass is 9.93. The van der Waals surface area contributed by atoms with Gasteiger partial charge in [0, 0.05) is 18.0 Å². The Labute approximate surface area is 122 Å². The topological polar surface area (TPSA) is 92.9 Å². The van der Waals surface area contributed by atoms with E-state index in [1.165, 1.54) is 4.90 Å². The molecule has 0 saturated carbocycles. The van der Waals surface area contributed by atoms with E-state index in [1.807, 2.05) is 20.8 Å². The molecule has 1 atom stereocenters. The lowest BCUT2D eigenvalue weighted by molar-refractivity contribution is -0.139. The minimum Gasteiger partial charge on any atom is -0.481 e. The lowest BCUT2D eigenvalue weighted by Crippen LogP contribution is -2.49. The molecule has 0 aliphatic carbocycles. The van der Waals surface area contributed by atoms with Gasteiger partial charge in [0.25, 0.3) is 5.91 Å². The van der Waals surface area contributed by atoms with Crippen molar-refractivity contribution < 1.29 is 24.0 Å². The van der Waals surface area contributed by atoms with Crippen molar-refractivity contribution in [2.75, 3.05) is 19.8 Å². The minimum absolute atomic E-state index is 0.143. The monoisotopic (exact) mass is 296 g/mol. The number of amides is 1. The molecule has 1 saturated heterocycles. The molecule has 116 valence electrons. The van der Waals surface area contributed by atoms with Gasteiger partial charge >= 0.3 is 5.97 Å². The summed E-state index contributed by atoms with van der Waals surface area (Å²) < 4.78 is 10.5. The molecule has 0 aromatic carbocycles. The molecule has 0 bridgehead atoms. The number of nitrogens with zero attached hydrogens (tertiary/aromatic N) is 2. The standard InChI is InChI=1S/C14H20N2O5/c1-14(2,3)11-7-10(15-21-11)13(19)16-4-5-20-8-9(16)6-12(17)18/h7,9H,4-6,8H2,1-3H3,(H,17,18). The normalized spacial score (nSPS) is 19.6. The van der Waals surface area contributed by atoms with E-state index in [-0.39, 0.29) is 30.0 Å². The molecule has 1 aliphatic rings. The van der Waals surface area contributed by atoms with Crippen LogP contribution < -0.4 is 0 Å². The number of carbonyl (C=O) groups is 2. The second-order valence-corrected chi connectivity index (χ2v) is 6.15. The molecule has 2 rings (SSSR count). The van der Waals surface area contributed by atoms with Gasteiger partial charge in [0.1, 0.15) is 5.76 Å². The van der Waals surface area contributed by atoms with Crippen molar-refractivity contribution in [3.63, 3.8) is 0 Å². The van der Waals surface area contributed by atoms with E-state index in [4.69, 9.17) is 14.4 Å². The Bertz CT molecular complexity index is 532. The molecule has 1 unspecified atom stereocenters. The van der Waals surface area contributed by atoms with Gasteiger partial charge < -0.3 is 19.3 Å². The lowest BCUT2D eigenvalue weighted by Gasteiger charge is -2.34. The second kappa shape index (κ2) is 5.85. The Balaban J connectivity index is 2.17. The smallest absolute Gasteiger partial charge is 0.305 e. The Morgan fingerprint density at radius 2 is 2.19 bits per heavy atom. The molecule has 1 fully saturated rings. The minimum atomic E-state index is -0.959. The maximum absolute atomic E-state index is 12.5. The third kappa shape index (κ3) is 3.60. The number of carboxylic acid groups (broad SMARTS) is 1. The first kappa shape index (κ1) is 15.5. The van der Waals surface area contributed by atoms with Crippen molar-refractivity contribution in [3.05, 3.63) is 17.5 Å². The van der Waals surface area contributed by atoms with Gasteiger partial charge in [-0.05, 0) is 0 Å². The third-order valence-corrected chi connectivity index (χ3v) is 3.37. The highest BCUT2D eigenvalue weighted by Gasteiger charge is 2.32. The molecular weight excluding hydrogens is 276 g/mol. The number of rotatable bonds is 3. The first-order valence-electron chi connectivity index (χ1n) is 6.86. The van der Waals surface area contributed by atoms with Crippen molar-refractivity contribution in [1.82, 2.24) is 10.1 Å². The van der Waals surface area contributed by atoms with Crippen LogP contribution >= 0.6 is 0 Å². The summed E-state index contributed by atoms with van der Waals surface area (Å²) in [4.78, 5) is 24.9. The first-order valence-corrected chi connectivity index (χ1v) is 6.86. The molecule has 7 heteroatoms. The van der Waals surface area contributed by atoms with Crippen molar-refractivity contribution >= 4 is 11.9 Å². The van der Waals surface area contributed by atoms with Crippen molar-refractivity contribution in [1.29, 1.82) is 0 Å². The number of hydrogen-bond acceptors (Lipinski definition) is 5. The predicted octanol–water partition coefficient (Wildman–Crippen LogP) is 1.29. The Morgan fingerprint density at radius 3 is 2.76 bits per heavy atom. The van der Waals surface area contributed by atoms with Crippen LogP contribution in [0.2, 0.25) is 0 Å². The Morgan fingerprint density at radius 1 is 1.48 bits per heavy atom. The second-order valence-electron chi connectivity index (χ2n) is 6.15. The summed E-state index contributed by atoms with van der Waals surface area (Å²) in [5, 5.41) is 12.7. The SMILES string of the molecule is CC(C)(C)c1cc(C(=O)N2CCOCC2CC(=O)O)no1. The molecule has 1 aromatic rings.